The molecule has 72 valence electrons. The molecule has 0 aliphatic heterocycles. The van der Waals surface area contributed by atoms with Crippen LogP contribution in [0.2, 0.25) is 0 Å². The van der Waals surface area contributed by atoms with Crippen LogP contribution in [0.3, 0.4) is 0 Å². The summed E-state index contributed by atoms with van der Waals surface area (Å²) in [6.45, 7) is 1.76. The van der Waals surface area contributed by atoms with Crippen LogP contribution >= 0.6 is 0 Å². The lowest BCUT2D eigenvalue weighted by Crippen LogP contribution is -2.00. The van der Waals surface area contributed by atoms with E-state index in [-0.39, 0.29) is 5.43 Å². The lowest BCUT2D eigenvalue weighted by atomic mass is 10.2. The highest BCUT2D eigenvalue weighted by molar-refractivity contribution is 5.78. The fourth-order valence-corrected chi connectivity index (χ4v) is 1.38. The average molecular weight is 190 g/mol. The third kappa shape index (κ3) is 1.37. The van der Waals surface area contributed by atoms with Crippen molar-refractivity contribution >= 4 is 11.0 Å². The van der Waals surface area contributed by atoms with Gasteiger partial charge in [0.25, 0.3) is 0 Å². The first kappa shape index (κ1) is 8.81. The Morgan fingerprint density at radius 3 is 2.79 bits per heavy atom. The maximum atomic E-state index is 11.6. The smallest absolute Gasteiger partial charge is 0.193 e. The number of hydrogen-bond donors (Lipinski definition) is 0. The zero-order valence-corrected chi connectivity index (χ0v) is 8.03. The number of rotatable bonds is 1. The van der Waals surface area contributed by atoms with Crippen LogP contribution in [0.15, 0.2) is 33.5 Å². The van der Waals surface area contributed by atoms with Crippen molar-refractivity contribution in [1.82, 2.24) is 0 Å². The van der Waals surface area contributed by atoms with Crippen LogP contribution in [-0.4, -0.2) is 7.11 Å². The second-order valence-electron chi connectivity index (χ2n) is 3.08. The van der Waals surface area contributed by atoms with E-state index in [0.29, 0.717) is 22.5 Å². The van der Waals surface area contributed by atoms with Gasteiger partial charge in [0, 0.05) is 6.07 Å². The van der Waals surface area contributed by atoms with Gasteiger partial charge < -0.3 is 9.15 Å². The number of benzene rings is 1. The van der Waals surface area contributed by atoms with Crippen LogP contribution in [0.5, 0.6) is 5.75 Å². The molecule has 0 amide bonds. The van der Waals surface area contributed by atoms with E-state index in [9.17, 15) is 4.79 Å². The van der Waals surface area contributed by atoms with Crippen LogP contribution in [0.1, 0.15) is 5.76 Å². The van der Waals surface area contributed by atoms with E-state index in [1.807, 2.05) is 0 Å². The fourth-order valence-electron chi connectivity index (χ4n) is 1.38. The largest absolute Gasteiger partial charge is 0.497 e. The first-order valence-electron chi connectivity index (χ1n) is 4.29. The van der Waals surface area contributed by atoms with Crippen molar-refractivity contribution in [1.29, 1.82) is 0 Å². The summed E-state index contributed by atoms with van der Waals surface area (Å²) in [7, 11) is 1.57. The second-order valence-corrected chi connectivity index (χ2v) is 3.08. The molecule has 2 rings (SSSR count). The van der Waals surface area contributed by atoms with E-state index >= 15 is 0 Å². The van der Waals surface area contributed by atoms with Crippen LogP contribution in [0.4, 0.5) is 0 Å². The Hall–Kier alpha value is -1.77. The lowest BCUT2D eigenvalue weighted by molar-refractivity contribution is 0.415. The Morgan fingerprint density at radius 1 is 1.29 bits per heavy atom. The van der Waals surface area contributed by atoms with Gasteiger partial charge in [0.2, 0.25) is 0 Å². The van der Waals surface area contributed by atoms with Crippen molar-refractivity contribution in [3.05, 3.63) is 40.2 Å². The van der Waals surface area contributed by atoms with Gasteiger partial charge in [-0.2, -0.15) is 0 Å². The molecular formula is C11H10O3. The molecule has 0 atom stereocenters. The van der Waals surface area contributed by atoms with E-state index in [1.54, 1.807) is 32.2 Å². The SMILES string of the molecule is COc1ccc2oc(C)cc(=O)c2c1. The van der Waals surface area contributed by atoms with Crippen molar-refractivity contribution < 1.29 is 9.15 Å². The van der Waals surface area contributed by atoms with Crippen molar-refractivity contribution in [2.24, 2.45) is 0 Å². The maximum Gasteiger partial charge on any atom is 0.193 e. The van der Waals surface area contributed by atoms with E-state index in [2.05, 4.69) is 0 Å². The number of methoxy groups -OCH3 is 1. The van der Waals surface area contributed by atoms with Gasteiger partial charge in [-0.3, -0.25) is 4.79 Å². The molecule has 1 heterocycles. The predicted molar refractivity (Wildman–Crippen MR) is 53.8 cm³/mol. The third-order valence-corrected chi connectivity index (χ3v) is 2.06. The van der Waals surface area contributed by atoms with Crippen LogP contribution in [0.25, 0.3) is 11.0 Å². The van der Waals surface area contributed by atoms with Crippen molar-refractivity contribution in [3.63, 3.8) is 0 Å². The van der Waals surface area contributed by atoms with Gasteiger partial charge in [-0.15, -0.1) is 0 Å². The summed E-state index contributed by atoms with van der Waals surface area (Å²) in [5, 5.41) is 0.551. The Bertz CT molecular complexity index is 526. The van der Waals surface area contributed by atoms with Gasteiger partial charge in [0.15, 0.2) is 5.43 Å². The van der Waals surface area contributed by atoms with Crippen LogP contribution < -0.4 is 10.2 Å². The molecule has 3 nitrogen and oxygen atoms in total. The molecule has 1 aromatic heterocycles. The molecule has 0 bridgehead atoms. The van der Waals surface area contributed by atoms with Gasteiger partial charge in [0.1, 0.15) is 17.1 Å². The monoisotopic (exact) mass is 190 g/mol. The molecule has 0 unspecified atom stereocenters. The van der Waals surface area contributed by atoms with Gasteiger partial charge in [-0.25, -0.2) is 0 Å². The summed E-state index contributed by atoms with van der Waals surface area (Å²) in [6.07, 6.45) is 0. The summed E-state index contributed by atoms with van der Waals surface area (Å²) >= 11 is 0. The van der Waals surface area contributed by atoms with E-state index in [4.69, 9.17) is 9.15 Å². The first-order valence-corrected chi connectivity index (χ1v) is 4.29. The van der Waals surface area contributed by atoms with Gasteiger partial charge in [-0.05, 0) is 25.1 Å². The summed E-state index contributed by atoms with van der Waals surface area (Å²) < 4.78 is 10.4. The van der Waals surface area contributed by atoms with Crippen molar-refractivity contribution in [2.45, 2.75) is 6.92 Å². The predicted octanol–water partition coefficient (Wildman–Crippen LogP) is 2.11. The second kappa shape index (κ2) is 3.18. The van der Waals surface area contributed by atoms with Gasteiger partial charge in [-0.1, -0.05) is 0 Å². The molecule has 2 aromatic rings. The van der Waals surface area contributed by atoms with Crippen LogP contribution in [0, 0.1) is 6.92 Å². The zero-order chi connectivity index (χ0) is 10.1. The van der Waals surface area contributed by atoms with Crippen LogP contribution in [-0.2, 0) is 0 Å². The minimum atomic E-state index is -0.0392. The fraction of sp³-hybridized carbons (Fsp3) is 0.182. The van der Waals surface area contributed by atoms with E-state index < -0.39 is 0 Å². The Morgan fingerprint density at radius 2 is 2.07 bits per heavy atom. The maximum absolute atomic E-state index is 11.6. The first-order chi connectivity index (χ1) is 6.70. The van der Waals surface area contributed by atoms with E-state index in [1.165, 1.54) is 6.07 Å². The molecule has 0 aliphatic rings. The highest BCUT2D eigenvalue weighted by Crippen LogP contribution is 2.18. The lowest BCUT2D eigenvalue weighted by Gasteiger charge is -2.01. The molecule has 14 heavy (non-hydrogen) atoms. The zero-order valence-electron chi connectivity index (χ0n) is 8.03. The van der Waals surface area contributed by atoms with Gasteiger partial charge in [0.05, 0.1) is 12.5 Å². The molecular weight excluding hydrogens is 180 g/mol. The average Bonchev–Trinajstić information content (AvgIpc) is 2.17. The summed E-state index contributed by atoms with van der Waals surface area (Å²) in [4.78, 5) is 11.6. The number of aryl methyl sites for hydroxylation is 1. The molecule has 0 saturated heterocycles. The Kier molecular flexibility index (Phi) is 2.00. The Balaban J connectivity index is 2.82. The summed E-state index contributed by atoms with van der Waals surface area (Å²) in [5.41, 5.74) is 0.554. The van der Waals surface area contributed by atoms with E-state index in [0.717, 1.165) is 0 Å². The standard InChI is InChI=1S/C11H10O3/c1-7-5-10(12)9-6-8(13-2)3-4-11(9)14-7/h3-6H,1-2H3. The molecule has 0 radical (unpaired) electrons. The van der Waals surface area contributed by atoms with Gasteiger partial charge >= 0.3 is 0 Å². The molecule has 3 heteroatoms. The minimum Gasteiger partial charge on any atom is -0.497 e. The quantitative estimate of drug-likeness (QED) is 0.691. The summed E-state index contributed by atoms with van der Waals surface area (Å²) in [6, 6.07) is 6.66. The third-order valence-electron chi connectivity index (χ3n) is 2.06. The number of hydrogen-bond acceptors (Lipinski definition) is 3. The van der Waals surface area contributed by atoms with Crippen molar-refractivity contribution in [2.75, 3.05) is 7.11 Å². The summed E-state index contributed by atoms with van der Waals surface area (Å²) in [5.74, 6) is 1.28. The number of fused-ring (bicyclic) bond motifs is 1. The molecule has 0 saturated carbocycles. The molecule has 0 fully saturated rings. The highest BCUT2D eigenvalue weighted by atomic mass is 16.5. The molecule has 0 spiro atoms. The highest BCUT2D eigenvalue weighted by Gasteiger charge is 2.03. The van der Waals surface area contributed by atoms with Crippen molar-refractivity contribution in [3.8, 4) is 5.75 Å². The molecule has 0 N–H and O–H groups in total. The Labute approximate surface area is 80.9 Å². The molecule has 0 aliphatic carbocycles. The minimum absolute atomic E-state index is 0.0392. The number of ether oxygens (including phenoxy) is 1. The topological polar surface area (TPSA) is 39.4 Å². The normalized spacial score (nSPS) is 10.4. The molecule has 1 aromatic carbocycles.